The first-order valence-corrected chi connectivity index (χ1v) is 9.60. The number of likely N-dealkylation sites (tertiary alicyclic amines) is 1. The first-order valence-electron chi connectivity index (χ1n) is 9.60. The van der Waals surface area contributed by atoms with Crippen molar-refractivity contribution in [2.24, 2.45) is 5.92 Å². The number of likely N-dealkylation sites (N-methyl/N-ethyl adjacent to an activating group) is 2. The highest BCUT2D eigenvalue weighted by molar-refractivity contribution is 6.07. The van der Waals surface area contributed by atoms with E-state index in [2.05, 4.69) is 0 Å². The van der Waals surface area contributed by atoms with Gasteiger partial charge in [-0.25, -0.2) is 0 Å². The Kier molecular flexibility index (Phi) is 5.97. The summed E-state index contributed by atoms with van der Waals surface area (Å²) < 4.78 is 0. The summed E-state index contributed by atoms with van der Waals surface area (Å²) in [5.74, 6) is -0.505. The zero-order valence-electron chi connectivity index (χ0n) is 16.7. The van der Waals surface area contributed by atoms with E-state index in [9.17, 15) is 14.4 Å². The van der Waals surface area contributed by atoms with Crippen molar-refractivity contribution in [1.82, 2.24) is 14.7 Å². The van der Waals surface area contributed by atoms with Gasteiger partial charge in [-0.1, -0.05) is 36.4 Å². The molecule has 28 heavy (non-hydrogen) atoms. The molecule has 0 aromatic heterocycles. The molecule has 0 bridgehead atoms. The van der Waals surface area contributed by atoms with Crippen molar-refractivity contribution < 1.29 is 14.4 Å². The minimum absolute atomic E-state index is 0.0404. The summed E-state index contributed by atoms with van der Waals surface area (Å²) in [7, 11) is 4.99. The van der Waals surface area contributed by atoms with Gasteiger partial charge in [-0.05, 0) is 29.7 Å². The number of nitrogens with zero attached hydrogens (tertiary/aromatic N) is 3. The number of rotatable bonds is 4. The molecular weight excluding hydrogens is 354 g/mol. The third-order valence-corrected chi connectivity index (χ3v) is 5.33. The second-order valence-electron chi connectivity index (χ2n) is 7.60. The van der Waals surface area contributed by atoms with E-state index < -0.39 is 0 Å². The Balaban J connectivity index is 1.73. The molecule has 3 rings (SSSR count). The molecule has 6 nitrogen and oxygen atoms in total. The highest BCUT2D eigenvalue weighted by Crippen LogP contribution is 2.24. The number of amides is 3. The number of carbonyl (C=O) groups excluding carboxylic acids is 3. The van der Waals surface area contributed by atoms with E-state index in [-0.39, 0.29) is 30.2 Å². The molecule has 1 saturated heterocycles. The highest BCUT2D eigenvalue weighted by atomic mass is 16.2. The van der Waals surface area contributed by atoms with Crippen molar-refractivity contribution in [1.29, 1.82) is 0 Å². The molecule has 0 aliphatic carbocycles. The maximum absolute atomic E-state index is 13.2. The minimum Gasteiger partial charge on any atom is -0.347 e. The van der Waals surface area contributed by atoms with E-state index in [0.717, 1.165) is 23.6 Å². The zero-order valence-corrected chi connectivity index (χ0v) is 16.7. The Morgan fingerprint density at radius 2 is 1.75 bits per heavy atom. The van der Waals surface area contributed by atoms with Gasteiger partial charge in [-0.3, -0.25) is 14.4 Å². The van der Waals surface area contributed by atoms with Gasteiger partial charge in [0.15, 0.2) is 0 Å². The van der Waals surface area contributed by atoms with Crippen LogP contribution in [0.3, 0.4) is 0 Å². The molecule has 3 amide bonds. The number of piperidine rings is 1. The van der Waals surface area contributed by atoms with Gasteiger partial charge in [0.2, 0.25) is 11.8 Å². The van der Waals surface area contributed by atoms with Gasteiger partial charge < -0.3 is 14.7 Å². The smallest absolute Gasteiger partial charge is 0.254 e. The van der Waals surface area contributed by atoms with Gasteiger partial charge in [0.05, 0.1) is 12.5 Å². The van der Waals surface area contributed by atoms with Crippen molar-refractivity contribution in [3.63, 3.8) is 0 Å². The Morgan fingerprint density at radius 3 is 2.50 bits per heavy atom. The largest absolute Gasteiger partial charge is 0.347 e. The van der Waals surface area contributed by atoms with Crippen LogP contribution in [0.15, 0.2) is 42.5 Å². The van der Waals surface area contributed by atoms with Crippen molar-refractivity contribution >= 4 is 28.5 Å². The predicted molar refractivity (Wildman–Crippen MR) is 109 cm³/mol. The lowest BCUT2D eigenvalue weighted by molar-refractivity contribution is -0.141. The fourth-order valence-corrected chi connectivity index (χ4v) is 3.68. The molecule has 0 radical (unpaired) electrons. The van der Waals surface area contributed by atoms with Gasteiger partial charge in [0, 0.05) is 39.8 Å². The van der Waals surface area contributed by atoms with E-state index in [1.807, 2.05) is 42.5 Å². The fraction of sp³-hybridized carbons (Fsp3) is 0.409. The summed E-state index contributed by atoms with van der Waals surface area (Å²) in [5.41, 5.74) is 0.669. The van der Waals surface area contributed by atoms with Crippen molar-refractivity contribution in [3.05, 3.63) is 48.0 Å². The van der Waals surface area contributed by atoms with Crippen molar-refractivity contribution in [2.45, 2.75) is 12.8 Å². The quantitative estimate of drug-likeness (QED) is 0.816. The van der Waals surface area contributed by atoms with Crippen LogP contribution in [0.2, 0.25) is 0 Å². The maximum atomic E-state index is 13.2. The molecule has 1 heterocycles. The third kappa shape index (κ3) is 4.16. The first-order chi connectivity index (χ1) is 13.4. The normalized spacial score (nSPS) is 16.7. The van der Waals surface area contributed by atoms with Crippen LogP contribution in [-0.2, 0) is 9.59 Å². The Morgan fingerprint density at radius 1 is 1.04 bits per heavy atom. The molecule has 0 saturated carbocycles. The van der Waals surface area contributed by atoms with E-state index >= 15 is 0 Å². The second-order valence-corrected chi connectivity index (χ2v) is 7.60. The highest BCUT2D eigenvalue weighted by Gasteiger charge is 2.31. The number of carbonyl (C=O) groups is 3. The maximum Gasteiger partial charge on any atom is 0.254 e. The van der Waals surface area contributed by atoms with E-state index in [1.54, 1.807) is 26.0 Å². The molecule has 1 fully saturated rings. The van der Waals surface area contributed by atoms with Gasteiger partial charge in [0.25, 0.3) is 5.91 Å². The van der Waals surface area contributed by atoms with Gasteiger partial charge >= 0.3 is 0 Å². The lowest BCUT2D eigenvalue weighted by Gasteiger charge is -2.34. The molecule has 0 spiro atoms. The zero-order chi connectivity index (χ0) is 20.3. The number of fused-ring (bicyclic) bond motifs is 1. The average Bonchev–Trinajstić information content (AvgIpc) is 2.72. The summed E-state index contributed by atoms with van der Waals surface area (Å²) >= 11 is 0. The molecule has 148 valence electrons. The molecular formula is C22H27N3O3. The number of hydrogen-bond donors (Lipinski definition) is 0. The van der Waals surface area contributed by atoms with E-state index in [1.165, 1.54) is 9.80 Å². The van der Waals surface area contributed by atoms with Crippen LogP contribution in [0, 0.1) is 5.92 Å². The molecule has 6 heteroatoms. The standard InChI is InChI=1S/C22H27N3O3/c1-23(2)20(26)15-24(3)21(27)17-10-7-13-25(14-17)22(28)19-12-6-9-16-8-4-5-11-18(16)19/h4-6,8-9,11-12,17H,7,10,13-15H2,1-3H3. The summed E-state index contributed by atoms with van der Waals surface area (Å²) in [5, 5.41) is 1.96. The van der Waals surface area contributed by atoms with Gasteiger partial charge in [0.1, 0.15) is 0 Å². The molecule has 1 aliphatic heterocycles. The average molecular weight is 381 g/mol. The van der Waals surface area contributed by atoms with Crippen LogP contribution in [0.25, 0.3) is 10.8 Å². The molecule has 1 unspecified atom stereocenters. The van der Waals surface area contributed by atoms with E-state index in [0.29, 0.717) is 18.7 Å². The number of benzene rings is 2. The molecule has 1 aliphatic rings. The van der Waals surface area contributed by atoms with Crippen molar-refractivity contribution in [3.8, 4) is 0 Å². The summed E-state index contributed by atoms with van der Waals surface area (Å²) in [6, 6.07) is 13.6. The van der Waals surface area contributed by atoms with Crippen LogP contribution in [0.1, 0.15) is 23.2 Å². The minimum atomic E-state index is -0.271. The van der Waals surface area contributed by atoms with Crippen LogP contribution in [0.4, 0.5) is 0 Å². The Hall–Kier alpha value is -2.89. The molecule has 0 N–H and O–H groups in total. The predicted octanol–water partition coefficient (Wildman–Crippen LogP) is 2.24. The fourth-order valence-electron chi connectivity index (χ4n) is 3.68. The number of hydrogen-bond acceptors (Lipinski definition) is 3. The van der Waals surface area contributed by atoms with Crippen LogP contribution in [0.5, 0.6) is 0 Å². The van der Waals surface area contributed by atoms with Crippen LogP contribution in [-0.4, -0.2) is 73.2 Å². The van der Waals surface area contributed by atoms with Crippen LogP contribution < -0.4 is 0 Å². The molecule has 1 atom stereocenters. The summed E-state index contributed by atoms with van der Waals surface area (Å²) in [6.45, 7) is 1.09. The lowest BCUT2D eigenvalue weighted by Crippen LogP contribution is -2.47. The molecule has 2 aromatic carbocycles. The topological polar surface area (TPSA) is 60.9 Å². The van der Waals surface area contributed by atoms with Crippen molar-refractivity contribution in [2.75, 3.05) is 40.8 Å². The third-order valence-electron chi connectivity index (χ3n) is 5.33. The summed E-state index contributed by atoms with van der Waals surface area (Å²) in [6.07, 6.45) is 1.51. The second kappa shape index (κ2) is 8.42. The molecule has 2 aromatic rings. The van der Waals surface area contributed by atoms with Gasteiger partial charge in [-0.2, -0.15) is 0 Å². The Bertz CT molecular complexity index is 888. The lowest BCUT2D eigenvalue weighted by atomic mass is 9.95. The SMILES string of the molecule is CN(C)C(=O)CN(C)C(=O)C1CCCN(C(=O)c2cccc3ccccc23)C1. The van der Waals surface area contributed by atoms with Gasteiger partial charge in [-0.15, -0.1) is 0 Å². The summed E-state index contributed by atoms with van der Waals surface area (Å²) in [4.78, 5) is 42.6. The monoisotopic (exact) mass is 381 g/mol. The Labute approximate surface area is 165 Å². The first kappa shape index (κ1) is 19.9. The van der Waals surface area contributed by atoms with E-state index in [4.69, 9.17) is 0 Å². The van der Waals surface area contributed by atoms with Crippen LogP contribution >= 0.6 is 0 Å².